The lowest BCUT2D eigenvalue weighted by atomic mass is 10.1. The monoisotopic (exact) mass is 486 g/mol. The molecule has 6 nitrogen and oxygen atoms in total. The van der Waals surface area contributed by atoms with Crippen molar-refractivity contribution in [3.05, 3.63) is 59.7 Å². The van der Waals surface area contributed by atoms with Crippen molar-refractivity contribution in [1.29, 1.82) is 0 Å². The van der Waals surface area contributed by atoms with Crippen LogP contribution >= 0.6 is 0 Å². The second kappa shape index (κ2) is 10.3. The summed E-state index contributed by atoms with van der Waals surface area (Å²) in [5, 5.41) is 0. The molecule has 2 atom stereocenters. The van der Waals surface area contributed by atoms with Gasteiger partial charge in [0.25, 0.3) is 0 Å². The van der Waals surface area contributed by atoms with E-state index in [4.69, 9.17) is 0 Å². The molecule has 0 spiro atoms. The van der Waals surface area contributed by atoms with E-state index in [1.54, 1.807) is 0 Å². The highest BCUT2D eigenvalue weighted by Gasteiger charge is 2.34. The third kappa shape index (κ3) is 4.69. The van der Waals surface area contributed by atoms with Crippen LogP contribution in [0.1, 0.15) is 62.5 Å². The fourth-order valence-corrected chi connectivity index (χ4v) is 6.79. The van der Waals surface area contributed by atoms with Gasteiger partial charge in [0, 0.05) is 62.5 Å². The first-order valence-corrected chi connectivity index (χ1v) is 13.9. The van der Waals surface area contributed by atoms with Crippen molar-refractivity contribution in [2.24, 2.45) is 0 Å². The van der Waals surface area contributed by atoms with E-state index in [0.29, 0.717) is 24.9 Å². The second-order valence-electron chi connectivity index (χ2n) is 11.0. The number of carbonyl (C=O) groups is 2. The van der Waals surface area contributed by atoms with Crippen LogP contribution in [0.5, 0.6) is 0 Å². The lowest BCUT2D eigenvalue weighted by Crippen LogP contribution is -2.40. The first kappa shape index (κ1) is 23.7. The quantitative estimate of drug-likeness (QED) is 0.581. The van der Waals surface area contributed by atoms with Gasteiger partial charge in [0.1, 0.15) is 0 Å². The van der Waals surface area contributed by atoms with E-state index in [9.17, 15) is 9.59 Å². The Morgan fingerprint density at radius 1 is 0.667 bits per heavy atom. The van der Waals surface area contributed by atoms with E-state index < -0.39 is 0 Å². The Balaban J connectivity index is 1.07. The molecule has 0 aromatic heterocycles. The van der Waals surface area contributed by atoms with E-state index >= 15 is 0 Å². The molecule has 2 aromatic carbocycles. The lowest BCUT2D eigenvalue weighted by Gasteiger charge is -2.27. The van der Waals surface area contributed by atoms with Crippen molar-refractivity contribution in [2.75, 3.05) is 36.0 Å². The Labute approximate surface area is 214 Å². The van der Waals surface area contributed by atoms with E-state index in [1.165, 1.54) is 36.8 Å². The van der Waals surface area contributed by atoms with Crippen LogP contribution in [0, 0.1) is 0 Å². The van der Waals surface area contributed by atoms with Gasteiger partial charge >= 0.3 is 0 Å². The Bertz CT molecular complexity index is 1030. The maximum Gasteiger partial charge on any atom is 0.227 e. The number of anilines is 2. The van der Waals surface area contributed by atoms with Crippen LogP contribution < -0.4 is 9.80 Å². The Morgan fingerprint density at radius 2 is 1.11 bits per heavy atom. The van der Waals surface area contributed by atoms with Gasteiger partial charge in [0.05, 0.1) is 0 Å². The van der Waals surface area contributed by atoms with Crippen LogP contribution in [-0.4, -0.2) is 59.9 Å². The number of unbranched alkanes of at least 4 members (excludes halogenated alkanes) is 1. The Hall–Kier alpha value is -2.70. The molecule has 6 rings (SSSR count). The van der Waals surface area contributed by atoms with Crippen molar-refractivity contribution in [3.8, 4) is 0 Å². The van der Waals surface area contributed by atoms with Gasteiger partial charge in [-0.05, 0) is 74.9 Å². The highest BCUT2D eigenvalue weighted by molar-refractivity contribution is 5.95. The number of fused-ring (bicyclic) bond motifs is 4. The summed E-state index contributed by atoms with van der Waals surface area (Å²) in [5.41, 5.74) is 4.67. The molecule has 2 aromatic rings. The molecule has 0 saturated carbocycles. The molecule has 0 N–H and O–H groups in total. The first-order valence-electron chi connectivity index (χ1n) is 13.9. The number of nitrogens with zero attached hydrogens (tertiary/aromatic N) is 4. The number of amides is 2. The van der Waals surface area contributed by atoms with E-state index in [-0.39, 0.29) is 11.8 Å². The topological polar surface area (TPSA) is 47.1 Å². The lowest BCUT2D eigenvalue weighted by molar-refractivity contribution is -0.120. The number of carbonyl (C=O) groups excluding carboxylic acids is 2. The molecular formula is C30H38N4O2. The summed E-state index contributed by atoms with van der Waals surface area (Å²) >= 11 is 0. The zero-order chi connectivity index (χ0) is 24.5. The van der Waals surface area contributed by atoms with Gasteiger partial charge in [-0.1, -0.05) is 36.4 Å². The molecule has 0 radical (unpaired) electrons. The minimum Gasteiger partial charge on any atom is -0.311 e. The highest BCUT2D eigenvalue weighted by atomic mass is 16.2. The molecule has 190 valence electrons. The summed E-state index contributed by atoms with van der Waals surface area (Å²) in [7, 11) is 0. The Morgan fingerprint density at radius 3 is 1.58 bits per heavy atom. The van der Waals surface area contributed by atoms with Crippen LogP contribution in [0.4, 0.5) is 11.4 Å². The largest absolute Gasteiger partial charge is 0.311 e. The van der Waals surface area contributed by atoms with Crippen LogP contribution in [-0.2, 0) is 22.7 Å². The van der Waals surface area contributed by atoms with Crippen LogP contribution in [0.15, 0.2) is 48.5 Å². The number of benzene rings is 2. The maximum absolute atomic E-state index is 13.4. The molecule has 36 heavy (non-hydrogen) atoms. The van der Waals surface area contributed by atoms with E-state index in [1.807, 2.05) is 21.9 Å². The molecule has 4 heterocycles. The molecule has 2 unspecified atom stereocenters. The predicted molar refractivity (Wildman–Crippen MR) is 143 cm³/mol. The summed E-state index contributed by atoms with van der Waals surface area (Å²) in [5.74, 6) is 0.399. The number of para-hydroxylation sites is 2. The van der Waals surface area contributed by atoms with Gasteiger partial charge in [0.15, 0.2) is 0 Å². The third-order valence-electron chi connectivity index (χ3n) is 8.73. The van der Waals surface area contributed by atoms with Crippen LogP contribution in [0.3, 0.4) is 0 Å². The molecule has 2 saturated heterocycles. The third-order valence-corrected chi connectivity index (χ3v) is 8.73. The van der Waals surface area contributed by atoms with Gasteiger partial charge in [-0.15, -0.1) is 0 Å². The fourth-order valence-electron chi connectivity index (χ4n) is 6.79. The summed E-state index contributed by atoms with van der Waals surface area (Å²) in [6.07, 6.45) is 7.28. The van der Waals surface area contributed by atoms with Crippen molar-refractivity contribution in [3.63, 3.8) is 0 Å². The molecule has 2 fully saturated rings. The molecule has 6 heteroatoms. The SMILES string of the molecule is O=C(CCCCC(=O)N1CC2CCCN2Cc2ccccc21)N1CC2CCCN2Cc2ccccc21. The zero-order valence-electron chi connectivity index (χ0n) is 21.3. The van der Waals surface area contributed by atoms with Crippen molar-refractivity contribution in [1.82, 2.24) is 9.80 Å². The minimum atomic E-state index is 0.199. The molecule has 2 amide bonds. The van der Waals surface area contributed by atoms with Crippen molar-refractivity contribution >= 4 is 23.2 Å². The molecule has 0 aliphatic carbocycles. The Kier molecular flexibility index (Phi) is 6.81. The predicted octanol–water partition coefficient (Wildman–Crippen LogP) is 4.57. The average Bonchev–Trinajstić information content (AvgIpc) is 3.45. The number of rotatable bonds is 5. The molecule has 0 bridgehead atoms. The van der Waals surface area contributed by atoms with E-state index in [0.717, 1.165) is 63.5 Å². The van der Waals surface area contributed by atoms with Crippen LogP contribution in [0.25, 0.3) is 0 Å². The van der Waals surface area contributed by atoms with Crippen molar-refractivity contribution < 1.29 is 9.59 Å². The molecule has 4 aliphatic rings. The fraction of sp³-hybridized carbons (Fsp3) is 0.533. The molecular weight excluding hydrogens is 448 g/mol. The normalized spacial score (nSPS) is 23.9. The zero-order valence-corrected chi connectivity index (χ0v) is 21.3. The summed E-state index contributed by atoms with van der Waals surface area (Å²) < 4.78 is 0. The van der Waals surface area contributed by atoms with E-state index in [2.05, 4.69) is 46.2 Å². The van der Waals surface area contributed by atoms with Crippen molar-refractivity contribution in [2.45, 2.75) is 76.5 Å². The molecule has 4 aliphatic heterocycles. The summed E-state index contributed by atoms with van der Waals surface area (Å²) in [6, 6.07) is 17.7. The first-order chi connectivity index (χ1) is 17.7. The minimum absolute atomic E-state index is 0.199. The smallest absolute Gasteiger partial charge is 0.227 e. The maximum atomic E-state index is 13.4. The number of hydrogen-bond donors (Lipinski definition) is 0. The van der Waals surface area contributed by atoms with Gasteiger partial charge < -0.3 is 9.80 Å². The summed E-state index contributed by atoms with van der Waals surface area (Å²) in [4.78, 5) is 35.9. The van der Waals surface area contributed by atoms with Gasteiger partial charge in [-0.25, -0.2) is 0 Å². The highest BCUT2D eigenvalue weighted by Crippen LogP contribution is 2.33. The number of hydrogen-bond acceptors (Lipinski definition) is 4. The van der Waals surface area contributed by atoms with Gasteiger partial charge in [-0.3, -0.25) is 19.4 Å². The van der Waals surface area contributed by atoms with Gasteiger partial charge in [0.2, 0.25) is 11.8 Å². The average molecular weight is 487 g/mol. The standard InChI is InChI=1S/C30H38N4O2/c35-29(33-21-25-11-7-17-31(25)19-23-9-1-3-13-27(23)33)15-5-6-16-30(36)34-22-26-12-8-18-32(26)20-24-10-2-4-14-28(24)34/h1-4,9-10,13-14,25-26H,5-8,11-12,15-22H2. The van der Waals surface area contributed by atoms with Crippen LogP contribution in [0.2, 0.25) is 0 Å². The van der Waals surface area contributed by atoms with Gasteiger partial charge in [-0.2, -0.15) is 0 Å². The summed E-state index contributed by atoms with van der Waals surface area (Å²) in [6.45, 7) is 5.71. The second-order valence-corrected chi connectivity index (χ2v) is 11.0.